The number of aryl methyl sites for hydroxylation is 1. The van der Waals surface area contributed by atoms with Crippen LogP contribution >= 0.6 is 11.6 Å². The van der Waals surface area contributed by atoms with E-state index in [0.717, 1.165) is 5.56 Å². The van der Waals surface area contributed by atoms with E-state index >= 15 is 0 Å². The maximum absolute atomic E-state index is 13.4. The molecule has 0 bridgehead atoms. The predicted octanol–water partition coefficient (Wildman–Crippen LogP) is 5.92. The Hall–Kier alpha value is -3.82. The van der Waals surface area contributed by atoms with Gasteiger partial charge in [0, 0.05) is 5.69 Å². The molecule has 0 heterocycles. The minimum absolute atomic E-state index is 0.0887. The molecule has 3 aromatic rings. The van der Waals surface area contributed by atoms with Crippen molar-refractivity contribution in [3.63, 3.8) is 0 Å². The van der Waals surface area contributed by atoms with Crippen LogP contribution in [0.2, 0.25) is 5.02 Å². The molecule has 0 fully saturated rings. The molecule has 1 N–H and O–H groups in total. The highest BCUT2D eigenvalue weighted by Crippen LogP contribution is 2.37. The number of anilines is 1. The van der Waals surface area contributed by atoms with Gasteiger partial charge in [0.05, 0.1) is 12.1 Å². The maximum atomic E-state index is 13.4. The molecule has 5 nitrogen and oxygen atoms in total. The minimum Gasteiger partial charge on any atom is -0.493 e. The van der Waals surface area contributed by atoms with E-state index in [1.807, 2.05) is 25.1 Å². The molecule has 0 unspecified atom stereocenters. The van der Waals surface area contributed by atoms with Crippen molar-refractivity contribution in [3.05, 3.63) is 93.8 Å². The molecule has 0 aliphatic rings. The number of carbonyl (C=O) groups is 1. The Kier molecular flexibility index (Phi) is 7.48. The zero-order valence-corrected chi connectivity index (χ0v) is 18.2. The van der Waals surface area contributed by atoms with Gasteiger partial charge in [-0.1, -0.05) is 41.4 Å². The van der Waals surface area contributed by atoms with Crippen LogP contribution in [0.4, 0.5) is 10.1 Å². The third-order valence-corrected chi connectivity index (χ3v) is 4.79. The van der Waals surface area contributed by atoms with Crippen molar-refractivity contribution >= 4 is 29.3 Å². The first-order valence-electron chi connectivity index (χ1n) is 9.64. The number of rotatable bonds is 7. The summed E-state index contributed by atoms with van der Waals surface area (Å²) in [6.45, 7) is 2.03. The Morgan fingerprint density at radius 3 is 2.59 bits per heavy atom. The second-order valence-corrected chi connectivity index (χ2v) is 7.35. The van der Waals surface area contributed by atoms with Gasteiger partial charge in [-0.3, -0.25) is 4.79 Å². The van der Waals surface area contributed by atoms with Crippen molar-refractivity contribution in [1.82, 2.24) is 0 Å². The highest BCUT2D eigenvalue weighted by Gasteiger charge is 2.15. The summed E-state index contributed by atoms with van der Waals surface area (Å²) < 4.78 is 24.5. The van der Waals surface area contributed by atoms with Crippen LogP contribution in [0.3, 0.4) is 0 Å². The highest BCUT2D eigenvalue weighted by atomic mass is 35.5. The van der Waals surface area contributed by atoms with Gasteiger partial charge in [0.1, 0.15) is 24.1 Å². The quantitative estimate of drug-likeness (QED) is 0.358. The molecule has 7 heteroatoms. The van der Waals surface area contributed by atoms with Crippen LogP contribution in [0.15, 0.2) is 66.2 Å². The van der Waals surface area contributed by atoms with Crippen molar-refractivity contribution in [2.24, 2.45) is 0 Å². The summed E-state index contributed by atoms with van der Waals surface area (Å²) in [7, 11) is 1.45. The number of amides is 1. The van der Waals surface area contributed by atoms with E-state index in [4.69, 9.17) is 21.1 Å². The SMILES string of the molecule is COc1cc(/C=C(\C#N)C(=O)Nc2ccc(C)cc2)cc(Cl)c1OCc1cccc(F)c1. The van der Waals surface area contributed by atoms with Crippen LogP contribution in [0.25, 0.3) is 6.08 Å². The average Bonchev–Trinajstić information content (AvgIpc) is 2.77. The summed E-state index contributed by atoms with van der Waals surface area (Å²) in [5, 5.41) is 12.4. The normalized spacial score (nSPS) is 10.9. The fourth-order valence-corrected chi connectivity index (χ4v) is 3.17. The van der Waals surface area contributed by atoms with Crippen LogP contribution in [0, 0.1) is 24.1 Å². The lowest BCUT2D eigenvalue weighted by atomic mass is 10.1. The van der Waals surface area contributed by atoms with E-state index < -0.39 is 5.91 Å². The fourth-order valence-electron chi connectivity index (χ4n) is 2.90. The van der Waals surface area contributed by atoms with Gasteiger partial charge in [0.2, 0.25) is 0 Å². The summed E-state index contributed by atoms with van der Waals surface area (Å²) in [5.74, 6) is -0.315. The molecule has 0 aromatic heterocycles. The number of hydrogen-bond donors (Lipinski definition) is 1. The Balaban J connectivity index is 1.81. The van der Waals surface area contributed by atoms with Gasteiger partial charge in [-0.25, -0.2) is 4.39 Å². The van der Waals surface area contributed by atoms with Crippen molar-refractivity contribution in [1.29, 1.82) is 5.26 Å². The lowest BCUT2D eigenvalue weighted by Crippen LogP contribution is -2.13. The average molecular weight is 451 g/mol. The Labute approximate surface area is 190 Å². The van der Waals surface area contributed by atoms with Crippen molar-refractivity contribution in [3.8, 4) is 17.6 Å². The van der Waals surface area contributed by atoms with Crippen LogP contribution in [-0.2, 0) is 11.4 Å². The Morgan fingerprint density at radius 1 is 1.19 bits per heavy atom. The summed E-state index contributed by atoms with van der Waals surface area (Å²) in [5.41, 5.74) is 2.66. The zero-order valence-electron chi connectivity index (χ0n) is 17.5. The molecule has 0 spiro atoms. The molecule has 162 valence electrons. The summed E-state index contributed by atoms with van der Waals surface area (Å²) >= 11 is 6.37. The van der Waals surface area contributed by atoms with Crippen molar-refractivity contribution in [2.75, 3.05) is 12.4 Å². The number of carbonyl (C=O) groups excluding carboxylic acids is 1. The third kappa shape index (κ3) is 5.87. The first kappa shape index (κ1) is 22.9. The second kappa shape index (κ2) is 10.5. The highest BCUT2D eigenvalue weighted by molar-refractivity contribution is 6.32. The molecular weight excluding hydrogens is 431 g/mol. The third-order valence-electron chi connectivity index (χ3n) is 4.51. The van der Waals surface area contributed by atoms with Gasteiger partial charge in [0.15, 0.2) is 11.5 Å². The van der Waals surface area contributed by atoms with E-state index in [0.29, 0.717) is 22.6 Å². The molecule has 0 aliphatic heterocycles. The van der Waals surface area contributed by atoms with E-state index in [9.17, 15) is 14.4 Å². The maximum Gasteiger partial charge on any atom is 0.266 e. The summed E-state index contributed by atoms with van der Waals surface area (Å²) in [4.78, 5) is 12.5. The number of nitrogens with zero attached hydrogens (tertiary/aromatic N) is 1. The van der Waals surface area contributed by atoms with Gasteiger partial charge in [-0.2, -0.15) is 5.26 Å². The van der Waals surface area contributed by atoms with Crippen LogP contribution < -0.4 is 14.8 Å². The number of halogens is 2. The lowest BCUT2D eigenvalue weighted by molar-refractivity contribution is -0.112. The molecule has 0 atom stereocenters. The standard InChI is InChI=1S/C25H20ClFN2O3/c1-16-6-8-21(9-7-16)29-25(30)19(14-28)10-18-12-22(26)24(23(13-18)31-2)32-15-17-4-3-5-20(27)11-17/h3-13H,15H2,1-2H3,(H,29,30)/b19-10+. The summed E-state index contributed by atoms with van der Waals surface area (Å²) in [6, 6.07) is 18.3. The molecule has 1 amide bonds. The van der Waals surface area contributed by atoms with Crippen LogP contribution in [-0.4, -0.2) is 13.0 Å². The number of nitrogens with one attached hydrogen (secondary N) is 1. The van der Waals surface area contributed by atoms with Crippen molar-refractivity contribution < 1.29 is 18.7 Å². The minimum atomic E-state index is -0.544. The fraction of sp³-hybridized carbons (Fsp3) is 0.120. The smallest absolute Gasteiger partial charge is 0.266 e. The van der Waals surface area contributed by atoms with Crippen LogP contribution in [0.5, 0.6) is 11.5 Å². The van der Waals surface area contributed by atoms with E-state index in [-0.39, 0.29) is 28.8 Å². The number of methoxy groups -OCH3 is 1. The molecule has 3 rings (SSSR count). The molecule has 0 saturated heterocycles. The van der Waals surface area contributed by atoms with Gasteiger partial charge in [0.25, 0.3) is 5.91 Å². The van der Waals surface area contributed by atoms with Gasteiger partial charge in [-0.15, -0.1) is 0 Å². The second-order valence-electron chi connectivity index (χ2n) is 6.94. The first-order chi connectivity index (χ1) is 15.4. The molecule has 0 saturated carbocycles. The number of hydrogen-bond acceptors (Lipinski definition) is 4. The number of nitriles is 1. The monoisotopic (exact) mass is 450 g/mol. The van der Waals surface area contributed by atoms with E-state index in [2.05, 4.69) is 5.32 Å². The van der Waals surface area contributed by atoms with Gasteiger partial charge < -0.3 is 14.8 Å². The van der Waals surface area contributed by atoms with Crippen molar-refractivity contribution in [2.45, 2.75) is 13.5 Å². The van der Waals surface area contributed by atoms with Gasteiger partial charge in [-0.05, 0) is 60.5 Å². The molecule has 32 heavy (non-hydrogen) atoms. The van der Waals surface area contributed by atoms with E-state index in [1.54, 1.807) is 36.4 Å². The zero-order chi connectivity index (χ0) is 23.1. The predicted molar refractivity (Wildman–Crippen MR) is 122 cm³/mol. The topological polar surface area (TPSA) is 71.3 Å². The molecular formula is C25H20ClFN2O3. The molecule has 3 aromatic carbocycles. The number of ether oxygens (including phenoxy) is 2. The first-order valence-corrected chi connectivity index (χ1v) is 10.0. The molecule has 0 radical (unpaired) electrons. The van der Waals surface area contributed by atoms with Crippen LogP contribution in [0.1, 0.15) is 16.7 Å². The summed E-state index contributed by atoms with van der Waals surface area (Å²) in [6.07, 6.45) is 1.41. The molecule has 0 aliphatic carbocycles. The number of benzene rings is 3. The Bertz CT molecular complexity index is 1200. The largest absolute Gasteiger partial charge is 0.493 e. The lowest BCUT2D eigenvalue weighted by Gasteiger charge is -2.14. The van der Waals surface area contributed by atoms with Gasteiger partial charge >= 0.3 is 0 Å². The Morgan fingerprint density at radius 2 is 1.94 bits per heavy atom. The van der Waals surface area contributed by atoms with E-state index in [1.165, 1.54) is 25.3 Å².